The number of hydrogen-bond acceptors (Lipinski definition) is 1. The molecule has 15 heavy (non-hydrogen) atoms. The Morgan fingerprint density at radius 2 is 1.87 bits per heavy atom. The van der Waals surface area contributed by atoms with Crippen LogP contribution in [-0.2, 0) is 6.54 Å². The lowest BCUT2D eigenvalue weighted by molar-refractivity contribution is 0.171. The van der Waals surface area contributed by atoms with Crippen molar-refractivity contribution in [3.8, 4) is 0 Å². The van der Waals surface area contributed by atoms with Gasteiger partial charge >= 0.3 is 0 Å². The molecular weight excluding hydrogens is 229 g/mol. The fourth-order valence-corrected chi connectivity index (χ4v) is 1.60. The molecule has 0 unspecified atom stereocenters. The van der Waals surface area contributed by atoms with Crippen LogP contribution in [0.5, 0.6) is 0 Å². The van der Waals surface area contributed by atoms with Gasteiger partial charge in [0.05, 0.1) is 0 Å². The zero-order chi connectivity index (χ0) is 11.5. The lowest BCUT2D eigenvalue weighted by Crippen LogP contribution is -2.42. The largest absolute Gasteiger partial charge is 0.296 e. The van der Waals surface area contributed by atoms with Crippen molar-refractivity contribution in [2.24, 2.45) is 0 Å². The fourth-order valence-electron chi connectivity index (χ4n) is 1.20. The first kappa shape index (κ1) is 12.8. The van der Waals surface area contributed by atoms with Crippen molar-refractivity contribution in [3.05, 3.63) is 34.9 Å². The summed E-state index contributed by atoms with van der Waals surface area (Å²) in [7, 11) is 2.06. The van der Waals surface area contributed by atoms with E-state index in [1.165, 1.54) is 0 Å². The van der Waals surface area contributed by atoms with Crippen LogP contribution in [0.3, 0.4) is 0 Å². The highest BCUT2D eigenvalue weighted by Gasteiger charge is 2.22. The van der Waals surface area contributed by atoms with E-state index in [0.29, 0.717) is 5.88 Å². The van der Waals surface area contributed by atoms with E-state index in [4.69, 9.17) is 23.2 Å². The third kappa shape index (κ3) is 3.37. The molecule has 0 aliphatic heterocycles. The second kappa shape index (κ2) is 5.20. The van der Waals surface area contributed by atoms with Crippen molar-refractivity contribution in [2.75, 3.05) is 12.9 Å². The third-order valence-corrected chi connectivity index (χ3v) is 3.75. The van der Waals surface area contributed by atoms with Gasteiger partial charge in [-0.3, -0.25) is 4.90 Å². The third-order valence-electron chi connectivity index (χ3n) is 2.73. The molecule has 1 nitrogen and oxygen atoms in total. The number of alkyl halides is 1. The van der Waals surface area contributed by atoms with Crippen LogP contribution in [0.2, 0.25) is 5.02 Å². The summed E-state index contributed by atoms with van der Waals surface area (Å²) in [5.41, 5.74) is 1.13. The molecule has 0 amide bonds. The molecule has 1 rings (SSSR count). The van der Waals surface area contributed by atoms with Gasteiger partial charge in [-0.05, 0) is 32.5 Å². The predicted octanol–water partition coefficient (Wildman–Crippen LogP) is 3.79. The summed E-state index contributed by atoms with van der Waals surface area (Å²) in [6.07, 6.45) is 0. The van der Waals surface area contributed by atoms with Gasteiger partial charge in [0.25, 0.3) is 0 Å². The van der Waals surface area contributed by atoms with Gasteiger partial charge in [0.2, 0.25) is 0 Å². The maximum atomic E-state index is 6.10. The van der Waals surface area contributed by atoms with Gasteiger partial charge in [0.1, 0.15) is 0 Å². The molecule has 0 aliphatic carbocycles. The van der Waals surface area contributed by atoms with Crippen molar-refractivity contribution in [1.29, 1.82) is 0 Å². The first-order valence-corrected chi connectivity index (χ1v) is 5.89. The van der Waals surface area contributed by atoms with Crippen molar-refractivity contribution in [1.82, 2.24) is 4.90 Å². The minimum atomic E-state index is -0.0132. The molecule has 0 saturated carbocycles. The van der Waals surface area contributed by atoms with Gasteiger partial charge < -0.3 is 0 Å². The first-order valence-electron chi connectivity index (χ1n) is 4.98. The van der Waals surface area contributed by atoms with E-state index >= 15 is 0 Å². The molecule has 0 radical (unpaired) electrons. The highest BCUT2D eigenvalue weighted by molar-refractivity contribution is 6.31. The second-order valence-electron chi connectivity index (χ2n) is 4.39. The smallest absolute Gasteiger partial charge is 0.0451 e. The number of nitrogens with zero attached hydrogens (tertiary/aromatic N) is 1. The van der Waals surface area contributed by atoms with Crippen LogP contribution in [0, 0.1) is 0 Å². The Labute approximate surface area is 102 Å². The monoisotopic (exact) mass is 245 g/mol. The van der Waals surface area contributed by atoms with Gasteiger partial charge in [-0.1, -0.05) is 29.8 Å². The van der Waals surface area contributed by atoms with Gasteiger partial charge in [-0.2, -0.15) is 0 Å². The van der Waals surface area contributed by atoms with Crippen LogP contribution in [0.15, 0.2) is 24.3 Å². The molecule has 0 saturated heterocycles. The predicted molar refractivity (Wildman–Crippen MR) is 67.7 cm³/mol. The zero-order valence-electron chi connectivity index (χ0n) is 9.43. The van der Waals surface area contributed by atoms with Crippen LogP contribution < -0.4 is 0 Å². The number of hydrogen-bond donors (Lipinski definition) is 0. The summed E-state index contributed by atoms with van der Waals surface area (Å²) < 4.78 is 0. The normalized spacial score (nSPS) is 12.1. The highest BCUT2D eigenvalue weighted by Crippen LogP contribution is 2.21. The van der Waals surface area contributed by atoms with Gasteiger partial charge in [0, 0.05) is 23.0 Å². The number of benzene rings is 1. The second-order valence-corrected chi connectivity index (χ2v) is 5.07. The van der Waals surface area contributed by atoms with E-state index < -0.39 is 0 Å². The molecule has 0 bridgehead atoms. The van der Waals surface area contributed by atoms with Crippen molar-refractivity contribution in [3.63, 3.8) is 0 Å². The van der Waals surface area contributed by atoms with E-state index in [1.54, 1.807) is 0 Å². The lowest BCUT2D eigenvalue weighted by Gasteiger charge is -2.34. The zero-order valence-corrected chi connectivity index (χ0v) is 10.9. The fraction of sp³-hybridized carbons (Fsp3) is 0.500. The molecule has 1 aromatic rings. The summed E-state index contributed by atoms with van der Waals surface area (Å²) in [5.74, 6) is 0.605. The molecule has 84 valence electrons. The van der Waals surface area contributed by atoms with E-state index in [-0.39, 0.29) is 5.54 Å². The lowest BCUT2D eigenvalue weighted by atomic mass is 10.1. The van der Waals surface area contributed by atoms with Crippen LogP contribution in [0.1, 0.15) is 19.4 Å². The quantitative estimate of drug-likeness (QED) is 0.730. The minimum Gasteiger partial charge on any atom is -0.296 e. The Bertz CT molecular complexity index is 323. The van der Waals surface area contributed by atoms with Crippen molar-refractivity contribution < 1.29 is 0 Å². The Balaban J connectivity index is 2.75. The summed E-state index contributed by atoms with van der Waals surface area (Å²) in [4.78, 5) is 2.21. The summed E-state index contributed by atoms with van der Waals surface area (Å²) in [6.45, 7) is 5.06. The molecule has 0 fully saturated rings. The van der Waals surface area contributed by atoms with Crippen LogP contribution in [0.4, 0.5) is 0 Å². The number of rotatable bonds is 4. The Hall–Kier alpha value is -0.240. The van der Waals surface area contributed by atoms with Gasteiger partial charge in [0.15, 0.2) is 0 Å². The molecule has 0 spiro atoms. The standard InChI is InChI=1S/C12H17Cl2N/c1-12(2,9-13)15(3)8-10-6-4-5-7-11(10)14/h4-7H,8-9H2,1-3H3. The van der Waals surface area contributed by atoms with E-state index in [1.807, 2.05) is 24.3 Å². The molecule has 1 aromatic carbocycles. The van der Waals surface area contributed by atoms with Crippen LogP contribution >= 0.6 is 23.2 Å². The Kier molecular flexibility index (Phi) is 4.45. The Morgan fingerprint density at radius 1 is 1.27 bits per heavy atom. The highest BCUT2D eigenvalue weighted by atomic mass is 35.5. The topological polar surface area (TPSA) is 3.24 Å². The van der Waals surface area contributed by atoms with Gasteiger partial charge in [-0.15, -0.1) is 11.6 Å². The maximum absolute atomic E-state index is 6.10. The molecule has 0 aliphatic rings. The molecule has 0 N–H and O–H groups in total. The SMILES string of the molecule is CN(Cc1ccccc1Cl)C(C)(C)CCl. The maximum Gasteiger partial charge on any atom is 0.0451 e. The number of halogens is 2. The van der Waals surface area contributed by atoms with Gasteiger partial charge in [-0.25, -0.2) is 0 Å². The summed E-state index contributed by atoms with van der Waals surface area (Å²) in [5, 5.41) is 0.815. The first-order chi connectivity index (χ1) is 6.97. The molecule has 0 aromatic heterocycles. The van der Waals surface area contributed by atoms with Crippen molar-refractivity contribution >= 4 is 23.2 Å². The summed E-state index contributed by atoms with van der Waals surface area (Å²) in [6, 6.07) is 7.91. The minimum absolute atomic E-state index is 0.0132. The van der Waals surface area contributed by atoms with Crippen molar-refractivity contribution in [2.45, 2.75) is 25.9 Å². The Morgan fingerprint density at radius 3 is 2.40 bits per heavy atom. The van der Waals surface area contributed by atoms with Crippen LogP contribution in [-0.4, -0.2) is 23.4 Å². The molecule has 0 heterocycles. The van der Waals surface area contributed by atoms with E-state index in [2.05, 4.69) is 25.8 Å². The van der Waals surface area contributed by atoms with Crippen LogP contribution in [0.25, 0.3) is 0 Å². The molecular formula is C12H17Cl2N. The van der Waals surface area contributed by atoms with E-state index in [9.17, 15) is 0 Å². The average Bonchev–Trinajstić information content (AvgIpc) is 2.21. The van der Waals surface area contributed by atoms with E-state index in [0.717, 1.165) is 17.1 Å². The average molecular weight is 246 g/mol. The molecule has 3 heteroatoms. The summed E-state index contributed by atoms with van der Waals surface area (Å²) >= 11 is 12.0. The molecule has 0 atom stereocenters.